The average Bonchev–Trinajstić information content (AvgIpc) is 2.02. The lowest BCUT2D eigenvalue weighted by Crippen LogP contribution is -2.28. The van der Waals surface area contributed by atoms with E-state index in [1.165, 1.54) is 0 Å². The van der Waals surface area contributed by atoms with Crippen LogP contribution < -0.4 is 0 Å². The van der Waals surface area contributed by atoms with Crippen molar-refractivity contribution in [1.82, 2.24) is 0 Å². The first-order valence-corrected chi connectivity index (χ1v) is 5.01. The molecule has 0 heterocycles. The molecule has 0 rings (SSSR count). The Hall–Kier alpha value is -0.0800. The van der Waals surface area contributed by atoms with Gasteiger partial charge < -0.3 is 10.2 Å². The Morgan fingerprint density at radius 3 is 1.83 bits per heavy atom. The molecule has 0 atom stereocenters. The number of aliphatic hydroxyl groups excluding tert-OH is 1. The van der Waals surface area contributed by atoms with Gasteiger partial charge in [0.2, 0.25) is 0 Å². The van der Waals surface area contributed by atoms with Gasteiger partial charge in [-0.1, -0.05) is 26.7 Å². The molecule has 0 fully saturated rings. The van der Waals surface area contributed by atoms with Crippen molar-refractivity contribution in [2.24, 2.45) is 0 Å². The van der Waals surface area contributed by atoms with Crippen molar-refractivity contribution >= 4 is 0 Å². The lowest BCUT2D eigenvalue weighted by atomic mass is 9.88. The average molecular weight is 174 g/mol. The molecule has 0 saturated heterocycles. The second kappa shape index (κ2) is 6.44. The van der Waals surface area contributed by atoms with Crippen LogP contribution in [0.1, 0.15) is 52.4 Å². The van der Waals surface area contributed by atoms with Gasteiger partial charge in [0, 0.05) is 6.61 Å². The molecule has 0 aliphatic rings. The maximum Gasteiger partial charge on any atom is 0.0648 e. The molecule has 2 N–H and O–H groups in total. The summed E-state index contributed by atoms with van der Waals surface area (Å²) in [6, 6.07) is 0. The zero-order chi connectivity index (χ0) is 9.45. The first-order chi connectivity index (χ1) is 5.68. The Morgan fingerprint density at radius 2 is 1.50 bits per heavy atom. The fraction of sp³-hybridized carbons (Fsp3) is 1.00. The molecule has 0 unspecified atom stereocenters. The lowest BCUT2D eigenvalue weighted by molar-refractivity contribution is 0.00727. The normalized spacial score (nSPS) is 12.0. The molecule has 74 valence electrons. The largest absolute Gasteiger partial charge is 0.396 e. The van der Waals surface area contributed by atoms with Crippen molar-refractivity contribution in [3.05, 3.63) is 0 Å². The van der Waals surface area contributed by atoms with Crippen LogP contribution in [0.4, 0.5) is 0 Å². The summed E-state index contributed by atoms with van der Waals surface area (Å²) < 4.78 is 0. The summed E-state index contributed by atoms with van der Waals surface area (Å²) in [6.07, 6.45) is 5.22. The Kier molecular flexibility index (Phi) is 6.39. The Morgan fingerprint density at radius 1 is 1.00 bits per heavy atom. The van der Waals surface area contributed by atoms with Gasteiger partial charge in [-0.25, -0.2) is 0 Å². The monoisotopic (exact) mass is 174 g/mol. The summed E-state index contributed by atoms with van der Waals surface area (Å²) >= 11 is 0. The van der Waals surface area contributed by atoms with E-state index in [-0.39, 0.29) is 6.61 Å². The van der Waals surface area contributed by atoms with Gasteiger partial charge in [-0.05, 0) is 25.7 Å². The van der Waals surface area contributed by atoms with Crippen molar-refractivity contribution in [3.8, 4) is 0 Å². The molecule has 12 heavy (non-hydrogen) atoms. The van der Waals surface area contributed by atoms with Gasteiger partial charge in [0.25, 0.3) is 0 Å². The fourth-order valence-electron chi connectivity index (χ4n) is 1.71. The van der Waals surface area contributed by atoms with E-state index in [2.05, 4.69) is 13.8 Å². The molecule has 0 aromatic rings. The van der Waals surface area contributed by atoms with Crippen LogP contribution in [0.2, 0.25) is 0 Å². The number of hydrogen-bond acceptors (Lipinski definition) is 2. The topological polar surface area (TPSA) is 40.5 Å². The SMILES string of the molecule is CCCC(O)(CCC)CCCO. The van der Waals surface area contributed by atoms with E-state index in [0.29, 0.717) is 0 Å². The van der Waals surface area contributed by atoms with E-state index in [1.807, 2.05) is 0 Å². The van der Waals surface area contributed by atoms with Crippen LogP contribution in [0.25, 0.3) is 0 Å². The summed E-state index contributed by atoms with van der Waals surface area (Å²) in [5.74, 6) is 0. The van der Waals surface area contributed by atoms with Crippen LogP contribution in [-0.4, -0.2) is 22.4 Å². The summed E-state index contributed by atoms with van der Waals surface area (Å²) in [4.78, 5) is 0. The van der Waals surface area contributed by atoms with Gasteiger partial charge in [0.1, 0.15) is 0 Å². The van der Waals surface area contributed by atoms with Gasteiger partial charge in [-0.3, -0.25) is 0 Å². The zero-order valence-electron chi connectivity index (χ0n) is 8.34. The molecule has 2 heteroatoms. The van der Waals surface area contributed by atoms with Crippen LogP contribution in [0.15, 0.2) is 0 Å². The van der Waals surface area contributed by atoms with E-state index >= 15 is 0 Å². The van der Waals surface area contributed by atoms with E-state index < -0.39 is 5.60 Å². The number of hydrogen-bond donors (Lipinski definition) is 2. The molecular formula is C10H22O2. The molecule has 0 aromatic carbocycles. The van der Waals surface area contributed by atoms with Gasteiger partial charge in [0.15, 0.2) is 0 Å². The molecule has 0 saturated carbocycles. The van der Waals surface area contributed by atoms with E-state index in [4.69, 9.17) is 5.11 Å². The van der Waals surface area contributed by atoms with E-state index in [0.717, 1.165) is 38.5 Å². The lowest BCUT2D eigenvalue weighted by Gasteiger charge is -2.27. The Labute approximate surface area is 75.6 Å². The van der Waals surface area contributed by atoms with Gasteiger partial charge in [-0.2, -0.15) is 0 Å². The summed E-state index contributed by atoms with van der Waals surface area (Å²) in [7, 11) is 0. The predicted molar refractivity (Wildman–Crippen MR) is 51.1 cm³/mol. The van der Waals surface area contributed by atoms with Crippen molar-refractivity contribution in [3.63, 3.8) is 0 Å². The van der Waals surface area contributed by atoms with Crippen LogP contribution >= 0.6 is 0 Å². The molecule has 0 bridgehead atoms. The van der Waals surface area contributed by atoms with Crippen molar-refractivity contribution < 1.29 is 10.2 Å². The Balaban J connectivity index is 3.80. The first kappa shape index (κ1) is 11.9. The zero-order valence-corrected chi connectivity index (χ0v) is 8.34. The first-order valence-electron chi connectivity index (χ1n) is 5.01. The minimum Gasteiger partial charge on any atom is -0.396 e. The molecule has 0 aromatic heterocycles. The molecular weight excluding hydrogens is 152 g/mol. The van der Waals surface area contributed by atoms with Gasteiger partial charge in [-0.15, -0.1) is 0 Å². The highest BCUT2D eigenvalue weighted by Crippen LogP contribution is 2.24. The van der Waals surface area contributed by atoms with Crippen molar-refractivity contribution in [2.45, 2.75) is 58.0 Å². The molecule has 2 nitrogen and oxygen atoms in total. The standard InChI is InChI=1S/C10H22O2/c1-3-6-10(12,7-4-2)8-5-9-11/h11-12H,3-9H2,1-2H3. The summed E-state index contributed by atoms with van der Waals surface area (Å²) in [6.45, 7) is 4.36. The molecule has 0 spiro atoms. The third-order valence-electron chi connectivity index (χ3n) is 2.23. The molecule has 0 amide bonds. The third-order valence-corrected chi connectivity index (χ3v) is 2.23. The number of rotatable bonds is 7. The second-order valence-electron chi connectivity index (χ2n) is 3.55. The van der Waals surface area contributed by atoms with Crippen LogP contribution in [-0.2, 0) is 0 Å². The minimum absolute atomic E-state index is 0.190. The smallest absolute Gasteiger partial charge is 0.0648 e. The number of aliphatic hydroxyl groups is 2. The van der Waals surface area contributed by atoms with Crippen molar-refractivity contribution in [2.75, 3.05) is 6.61 Å². The van der Waals surface area contributed by atoms with Crippen molar-refractivity contribution in [1.29, 1.82) is 0 Å². The van der Waals surface area contributed by atoms with Crippen LogP contribution in [0.5, 0.6) is 0 Å². The summed E-state index contributed by atoms with van der Waals surface area (Å²) in [5, 5.41) is 18.7. The van der Waals surface area contributed by atoms with E-state index in [9.17, 15) is 5.11 Å². The van der Waals surface area contributed by atoms with E-state index in [1.54, 1.807) is 0 Å². The molecule has 0 aliphatic heterocycles. The quantitative estimate of drug-likeness (QED) is 0.620. The highest BCUT2D eigenvalue weighted by atomic mass is 16.3. The highest BCUT2D eigenvalue weighted by molar-refractivity contribution is 4.76. The molecule has 0 aliphatic carbocycles. The highest BCUT2D eigenvalue weighted by Gasteiger charge is 2.23. The maximum absolute atomic E-state index is 10.0. The fourth-order valence-corrected chi connectivity index (χ4v) is 1.71. The Bertz CT molecular complexity index is 96.0. The van der Waals surface area contributed by atoms with Gasteiger partial charge in [0.05, 0.1) is 5.60 Å². The summed E-state index contributed by atoms with van der Waals surface area (Å²) in [5.41, 5.74) is -0.508. The predicted octanol–water partition coefficient (Wildman–Crippen LogP) is 2.09. The minimum atomic E-state index is -0.508. The maximum atomic E-state index is 10.0. The third kappa shape index (κ3) is 4.73. The van der Waals surface area contributed by atoms with Gasteiger partial charge >= 0.3 is 0 Å². The molecule has 0 radical (unpaired) electrons. The van der Waals surface area contributed by atoms with Crippen LogP contribution in [0, 0.1) is 0 Å². The second-order valence-corrected chi connectivity index (χ2v) is 3.55. The van der Waals surface area contributed by atoms with Crippen LogP contribution in [0.3, 0.4) is 0 Å².